The molecule has 0 saturated heterocycles. The number of thiazole rings is 1. The number of para-hydroxylation sites is 1. The van der Waals surface area contributed by atoms with Crippen LogP contribution < -0.4 is 19.6 Å². The van der Waals surface area contributed by atoms with E-state index in [-0.39, 0.29) is 11.7 Å². The molecule has 1 aliphatic heterocycles. The van der Waals surface area contributed by atoms with Gasteiger partial charge in [0, 0.05) is 29.7 Å². The number of aryl methyl sites for hydroxylation is 1. The van der Waals surface area contributed by atoms with Crippen LogP contribution in [0.15, 0.2) is 75.8 Å². The van der Waals surface area contributed by atoms with Gasteiger partial charge >= 0.3 is 5.97 Å². The van der Waals surface area contributed by atoms with Gasteiger partial charge in [0.05, 0.1) is 35.1 Å². The number of nitrogens with zero attached hydrogens (tertiary/aromatic N) is 3. The third-order valence-electron chi connectivity index (χ3n) is 6.23. The number of ether oxygens (including phenoxy) is 2. The molecule has 0 unspecified atom stereocenters. The zero-order valence-corrected chi connectivity index (χ0v) is 21.6. The van der Waals surface area contributed by atoms with Gasteiger partial charge in [0.15, 0.2) is 4.80 Å². The zero-order valence-electron chi connectivity index (χ0n) is 20.8. The Bertz CT molecular complexity index is 1690. The number of fused-ring (bicyclic) bond motifs is 2. The monoisotopic (exact) mass is 501 g/mol. The largest absolute Gasteiger partial charge is 0.497 e. The van der Waals surface area contributed by atoms with E-state index >= 15 is 0 Å². The molecule has 0 amide bonds. The second-order valence-corrected chi connectivity index (χ2v) is 10.0. The van der Waals surface area contributed by atoms with E-state index in [4.69, 9.17) is 9.47 Å². The Labute approximate surface area is 212 Å². The molecular weight excluding hydrogens is 474 g/mol. The Morgan fingerprint density at radius 3 is 2.56 bits per heavy atom. The van der Waals surface area contributed by atoms with Crippen LogP contribution in [0.2, 0.25) is 0 Å². The summed E-state index contributed by atoms with van der Waals surface area (Å²) in [4.78, 5) is 32.3. The van der Waals surface area contributed by atoms with Gasteiger partial charge in [-0.1, -0.05) is 41.7 Å². The van der Waals surface area contributed by atoms with E-state index in [0.717, 1.165) is 22.0 Å². The molecule has 0 aliphatic carbocycles. The molecule has 5 rings (SSSR count). The molecule has 8 heteroatoms. The summed E-state index contributed by atoms with van der Waals surface area (Å²) in [6.07, 6.45) is 3.62. The van der Waals surface area contributed by atoms with Crippen molar-refractivity contribution in [3.8, 4) is 5.75 Å². The first kappa shape index (κ1) is 23.8. The Kier molecular flexibility index (Phi) is 6.14. The highest BCUT2D eigenvalue weighted by atomic mass is 32.1. The molecule has 3 heterocycles. The van der Waals surface area contributed by atoms with Crippen molar-refractivity contribution in [3.05, 3.63) is 96.8 Å². The lowest BCUT2D eigenvalue weighted by Crippen LogP contribution is -2.40. The van der Waals surface area contributed by atoms with Gasteiger partial charge in [-0.05, 0) is 50.6 Å². The maximum absolute atomic E-state index is 13.8. The summed E-state index contributed by atoms with van der Waals surface area (Å²) in [5.74, 6) is 0.213. The number of allylic oxidation sites excluding steroid dienone is 1. The number of hydrogen-bond donors (Lipinski definition) is 0. The lowest BCUT2D eigenvalue weighted by atomic mass is 9.96. The fourth-order valence-corrected chi connectivity index (χ4v) is 5.63. The average Bonchev–Trinajstić information content (AvgIpc) is 3.34. The van der Waals surface area contributed by atoms with E-state index in [2.05, 4.69) is 4.99 Å². The Hall–Kier alpha value is -3.91. The maximum atomic E-state index is 13.8. The van der Waals surface area contributed by atoms with Crippen molar-refractivity contribution in [2.45, 2.75) is 32.9 Å². The summed E-state index contributed by atoms with van der Waals surface area (Å²) in [5, 5.41) is 1.06. The number of rotatable bonds is 5. The Morgan fingerprint density at radius 1 is 1.14 bits per heavy atom. The molecule has 184 valence electrons. The number of esters is 1. The van der Waals surface area contributed by atoms with Crippen molar-refractivity contribution in [2.24, 2.45) is 12.0 Å². The van der Waals surface area contributed by atoms with Gasteiger partial charge < -0.3 is 14.0 Å². The van der Waals surface area contributed by atoms with E-state index < -0.39 is 12.0 Å². The van der Waals surface area contributed by atoms with Crippen molar-refractivity contribution in [1.82, 2.24) is 9.13 Å². The van der Waals surface area contributed by atoms with Crippen molar-refractivity contribution >= 4 is 34.3 Å². The van der Waals surface area contributed by atoms with Crippen molar-refractivity contribution in [2.75, 3.05) is 7.11 Å². The number of carbonyl (C=O) groups is 1. The molecular formula is C28H27N3O4S. The first-order chi connectivity index (χ1) is 17.3. The minimum absolute atomic E-state index is 0.199. The summed E-state index contributed by atoms with van der Waals surface area (Å²) in [6, 6.07) is 14.8. The Balaban J connectivity index is 1.73. The summed E-state index contributed by atoms with van der Waals surface area (Å²) < 4.78 is 15.1. The minimum atomic E-state index is -0.659. The highest BCUT2D eigenvalue weighted by Gasteiger charge is 2.33. The van der Waals surface area contributed by atoms with E-state index in [1.165, 1.54) is 11.3 Å². The van der Waals surface area contributed by atoms with Gasteiger partial charge in [-0.25, -0.2) is 9.79 Å². The van der Waals surface area contributed by atoms with Crippen LogP contribution in [0.25, 0.3) is 17.0 Å². The molecule has 1 atom stereocenters. The molecule has 4 aromatic rings. The molecule has 7 nitrogen and oxygen atoms in total. The number of methoxy groups -OCH3 is 1. The number of benzene rings is 2. The van der Waals surface area contributed by atoms with Crippen molar-refractivity contribution in [1.29, 1.82) is 0 Å². The molecule has 36 heavy (non-hydrogen) atoms. The second kappa shape index (κ2) is 9.28. The quantitative estimate of drug-likeness (QED) is 0.391. The molecule has 1 aliphatic rings. The third kappa shape index (κ3) is 4.07. The van der Waals surface area contributed by atoms with E-state index in [1.807, 2.05) is 72.4 Å². The predicted molar refractivity (Wildman–Crippen MR) is 141 cm³/mol. The standard InChI is InChI=1S/C28H27N3O4S/c1-16(2)35-27(33)24-17(3)29-28-31(25(24)18-10-12-20(34-5)13-11-18)26(32)23(36-28)14-19-15-30(4)22-9-7-6-8-21(19)22/h6-16,25H,1-5H3/b23-14+/t25-/m1/s1. The summed E-state index contributed by atoms with van der Waals surface area (Å²) in [5.41, 5.74) is 3.52. The number of carbonyl (C=O) groups excluding carboxylic acids is 1. The predicted octanol–water partition coefficient (Wildman–Crippen LogP) is 3.69. The van der Waals surface area contributed by atoms with Crippen molar-refractivity contribution in [3.63, 3.8) is 0 Å². The lowest BCUT2D eigenvalue weighted by Gasteiger charge is -2.25. The van der Waals surface area contributed by atoms with Gasteiger partial charge in [-0.15, -0.1) is 0 Å². The molecule has 0 spiro atoms. The normalized spacial score (nSPS) is 15.8. The van der Waals surface area contributed by atoms with Crippen LogP contribution in [0.5, 0.6) is 5.75 Å². The van der Waals surface area contributed by atoms with E-state index in [9.17, 15) is 9.59 Å². The van der Waals surface area contributed by atoms with Gasteiger partial charge in [-0.2, -0.15) is 0 Å². The van der Waals surface area contributed by atoms with Crippen LogP contribution in [0.4, 0.5) is 0 Å². The highest BCUT2D eigenvalue weighted by Crippen LogP contribution is 2.32. The van der Waals surface area contributed by atoms with Gasteiger partial charge in [-0.3, -0.25) is 9.36 Å². The number of hydrogen-bond acceptors (Lipinski definition) is 6. The van der Waals surface area contributed by atoms with Crippen LogP contribution in [0.1, 0.15) is 37.9 Å². The van der Waals surface area contributed by atoms with Crippen LogP contribution in [0.3, 0.4) is 0 Å². The summed E-state index contributed by atoms with van der Waals surface area (Å²) in [6.45, 7) is 5.39. The third-order valence-corrected chi connectivity index (χ3v) is 7.21. The molecule has 0 fully saturated rings. The van der Waals surface area contributed by atoms with Crippen LogP contribution in [-0.4, -0.2) is 28.3 Å². The van der Waals surface area contributed by atoms with E-state index in [1.54, 1.807) is 32.4 Å². The molecule has 0 radical (unpaired) electrons. The zero-order chi connectivity index (χ0) is 25.6. The smallest absolute Gasteiger partial charge is 0.338 e. The number of aromatic nitrogens is 2. The van der Waals surface area contributed by atoms with E-state index in [0.29, 0.717) is 26.4 Å². The minimum Gasteiger partial charge on any atom is -0.497 e. The summed E-state index contributed by atoms with van der Waals surface area (Å²) >= 11 is 1.32. The SMILES string of the molecule is COc1ccc([C@@H]2C(C(=O)OC(C)C)=C(C)N=c3s/c(=C/c4cn(C)c5ccccc45)c(=O)n32)cc1. The molecule has 2 aromatic carbocycles. The first-order valence-corrected chi connectivity index (χ1v) is 12.5. The van der Waals surface area contributed by atoms with Crippen LogP contribution in [-0.2, 0) is 16.6 Å². The highest BCUT2D eigenvalue weighted by molar-refractivity contribution is 7.07. The first-order valence-electron chi connectivity index (χ1n) is 11.7. The lowest BCUT2D eigenvalue weighted by molar-refractivity contribution is -0.143. The maximum Gasteiger partial charge on any atom is 0.338 e. The fourth-order valence-electron chi connectivity index (χ4n) is 4.59. The average molecular weight is 502 g/mol. The fraction of sp³-hybridized carbons (Fsp3) is 0.250. The Morgan fingerprint density at radius 2 is 1.86 bits per heavy atom. The van der Waals surface area contributed by atoms with Gasteiger partial charge in [0.25, 0.3) is 5.56 Å². The van der Waals surface area contributed by atoms with Crippen molar-refractivity contribution < 1.29 is 14.3 Å². The van der Waals surface area contributed by atoms with Crippen LogP contribution in [0, 0.1) is 0 Å². The topological polar surface area (TPSA) is 74.8 Å². The molecule has 2 aromatic heterocycles. The molecule has 0 bridgehead atoms. The van der Waals surface area contributed by atoms with Gasteiger partial charge in [0.1, 0.15) is 5.75 Å². The summed E-state index contributed by atoms with van der Waals surface area (Å²) in [7, 11) is 3.59. The second-order valence-electron chi connectivity index (χ2n) is 9.02. The van der Waals surface area contributed by atoms with Crippen LogP contribution >= 0.6 is 11.3 Å². The molecule has 0 saturated carbocycles. The van der Waals surface area contributed by atoms with Gasteiger partial charge in [0.2, 0.25) is 0 Å². The molecule has 0 N–H and O–H groups in total.